The van der Waals surface area contributed by atoms with Gasteiger partial charge >= 0.3 is 0 Å². The predicted molar refractivity (Wildman–Crippen MR) is 128 cm³/mol. The molecular formula is C22H20N4O3S3. The van der Waals surface area contributed by atoms with Crippen LogP contribution in [0, 0.1) is 0 Å². The van der Waals surface area contributed by atoms with Gasteiger partial charge in [-0.2, -0.15) is 8.75 Å². The van der Waals surface area contributed by atoms with Crippen LogP contribution in [0.4, 0.5) is 5.69 Å². The maximum atomic E-state index is 13.4. The number of carbonyl (C=O) groups is 1. The highest BCUT2D eigenvalue weighted by Gasteiger charge is 2.25. The molecule has 2 aromatic heterocycles. The summed E-state index contributed by atoms with van der Waals surface area (Å²) in [5.74, 6) is -0.159. The maximum Gasteiger partial charge on any atom is 0.264 e. The molecule has 0 unspecified atom stereocenters. The van der Waals surface area contributed by atoms with Crippen molar-refractivity contribution in [1.29, 1.82) is 0 Å². The van der Waals surface area contributed by atoms with Crippen LogP contribution in [-0.2, 0) is 10.0 Å². The Bertz CT molecular complexity index is 1370. The number of carbonyl (C=O) groups excluding carboxylic acids is 1. The second-order valence-electron chi connectivity index (χ2n) is 7.58. The van der Waals surface area contributed by atoms with Crippen molar-refractivity contribution >= 4 is 55.7 Å². The first-order chi connectivity index (χ1) is 15.5. The Labute approximate surface area is 194 Å². The fraction of sp³-hybridized carbons (Fsp3) is 0.227. The molecule has 1 N–H and O–H groups in total. The van der Waals surface area contributed by atoms with Crippen LogP contribution < -0.4 is 4.72 Å². The highest BCUT2D eigenvalue weighted by molar-refractivity contribution is 7.93. The fourth-order valence-electron chi connectivity index (χ4n) is 3.88. The van der Waals surface area contributed by atoms with Crippen LogP contribution in [0.3, 0.4) is 0 Å². The zero-order valence-corrected chi connectivity index (χ0v) is 19.5. The average Bonchev–Trinajstić information content (AvgIpc) is 3.51. The average molecular weight is 485 g/mol. The van der Waals surface area contributed by atoms with E-state index in [0.29, 0.717) is 29.7 Å². The summed E-state index contributed by atoms with van der Waals surface area (Å²) in [5.41, 5.74) is 2.31. The molecule has 1 amide bonds. The van der Waals surface area contributed by atoms with Crippen molar-refractivity contribution in [2.24, 2.45) is 0 Å². The third-order valence-corrected chi connectivity index (χ3v) is 8.34. The minimum atomic E-state index is -4.00. The van der Waals surface area contributed by atoms with Crippen LogP contribution >= 0.6 is 23.1 Å². The third-order valence-electron chi connectivity index (χ3n) is 5.48. The maximum absolute atomic E-state index is 13.4. The van der Waals surface area contributed by atoms with Gasteiger partial charge in [-0.25, -0.2) is 8.42 Å². The number of sulfonamides is 1. The second kappa shape index (κ2) is 8.61. The fourth-order valence-corrected chi connectivity index (χ4v) is 6.44. The minimum absolute atomic E-state index is 0.0432. The molecule has 2 aromatic carbocycles. The van der Waals surface area contributed by atoms with Gasteiger partial charge in [0.25, 0.3) is 15.9 Å². The first-order valence-corrected chi connectivity index (χ1v) is 13.3. The van der Waals surface area contributed by atoms with Crippen molar-refractivity contribution in [3.05, 3.63) is 59.5 Å². The van der Waals surface area contributed by atoms with E-state index in [1.54, 1.807) is 40.5 Å². The number of anilines is 1. The van der Waals surface area contributed by atoms with E-state index < -0.39 is 10.0 Å². The van der Waals surface area contributed by atoms with E-state index in [2.05, 4.69) is 13.5 Å². The molecule has 0 radical (unpaired) electrons. The number of nitrogens with zero attached hydrogens (tertiary/aromatic N) is 3. The van der Waals surface area contributed by atoms with E-state index in [0.717, 1.165) is 41.4 Å². The zero-order chi connectivity index (χ0) is 22.1. The van der Waals surface area contributed by atoms with E-state index in [1.807, 2.05) is 23.6 Å². The summed E-state index contributed by atoms with van der Waals surface area (Å²) in [4.78, 5) is 16.1. The third kappa shape index (κ3) is 4.01. The summed E-state index contributed by atoms with van der Waals surface area (Å²) in [6, 6.07) is 14.1. The molecule has 164 valence electrons. The van der Waals surface area contributed by atoms with E-state index in [1.165, 1.54) is 6.07 Å². The number of thiophene rings is 1. The number of nitrogens with one attached hydrogen (secondary N) is 1. The van der Waals surface area contributed by atoms with Gasteiger partial charge in [0.1, 0.15) is 15.9 Å². The predicted octanol–water partition coefficient (Wildman–Crippen LogP) is 4.85. The highest BCUT2D eigenvalue weighted by Crippen LogP contribution is 2.32. The van der Waals surface area contributed by atoms with Crippen LogP contribution in [0.5, 0.6) is 0 Å². The Morgan fingerprint density at radius 2 is 1.84 bits per heavy atom. The molecule has 0 spiro atoms. The number of likely N-dealkylation sites (tertiary alicyclic amines) is 1. The van der Waals surface area contributed by atoms with Crippen LogP contribution in [0.25, 0.3) is 21.5 Å². The van der Waals surface area contributed by atoms with Crippen molar-refractivity contribution in [1.82, 2.24) is 13.6 Å². The summed E-state index contributed by atoms with van der Waals surface area (Å²) in [6.45, 7) is 1.36. The first-order valence-electron chi connectivity index (χ1n) is 10.2. The molecule has 1 saturated heterocycles. The van der Waals surface area contributed by atoms with E-state index >= 15 is 0 Å². The molecule has 1 fully saturated rings. The van der Waals surface area contributed by atoms with Gasteiger partial charge in [0, 0.05) is 18.0 Å². The summed E-state index contributed by atoms with van der Waals surface area (Å²) in [7, 11) is -4.00. The lowest BCUT2D eigenvalue weighted by molar-refractivity contribution is 0.0725. The largest absolute Gasteiger partial charge is 0.339 e. The second-order valence-corrected chi connectivity index (χ2v) is 10.7. The molecule has 4 aromatic rings. The molecule has 1 aliphatic rings. The minimum Gasteiger partial charge on any atom is -0.339 e. The Morgan fingerprint density at radius 3 is 2.62 bits per heavy atom. The van der Waals surface area contributed by atoms with Gasteiger partial charge in [-0.05, 0) is 60.5 Å². The van der Waals surface area contributed by atoms with Crippen LogP contribution in [0.1, 0.15) is 29.6 Å². The molecule has 0 bridgehead atoms. The van der Waals surface area contributed by atoms with Gasteiger partial charge < -0.3 is 4.90 Å². The van der Waals surface area contributed by atoms with Crippen LogP contribution in [-0.4, -0.2) is 41.1 Å². The number of rotatable bonds is 5. The molecule has 0 atom stereocenters. The Kier molecular flexibility index (Phi) is 5.66. The smallest absolute Gasteiger partial charge is 0.264 e. The Balaban J connectivity index is 1.58. The topological polar surface area (TPSA) is 92.3 Å². The number of hydrogen-bond donors (Lipinski definition) is 1. The lowest BCUT2D eigenvalue weighted by Gasteiger charge is -2.27. The van der Waals surface area contributed by atoms with Crippen molar-refractivity contribution in [3.8, 4) is 10.4 Å². The zero-order valence-electron chi connectivity index (χ0n) is 17.0. The van der Waals surface area contributed by atoms with Gasteiger partial charge in [0.05, 0.1) is 23.0 Å². The normalized spacial score (nSPS) is 14.6. The van der Waals surface area contributed by atoms with E-state index in [9.17, 15) is 13.2 Å². The Hall–Kier alpha value is -2.82. The number of hydrogen-bond acceptors (Lipinski definition) is 7. The molecule has 3 heterocycles. The monoisotopic (exact) mass is 484 g/mol. The van der Waals surface area contributed by atoms with Gasteiger partial charge in [0.2, 0.25) is 0 Å². The lowest BCUT2D eigenvalue weighted by Crippen LogP contribution is -2.36. The highest BCUT2D eigenvalue weighted by atomic mass is 32.2. The van der Waals surface area contributed by atoms with Crippen molar-refractivity contribution < 1.29 is 13.2 Å². The lowest BCUT2D eigenvalue weighted by atomic mass is 10.0. The van der Waals surface area contributed by atoms with Crippen molar-refractivity contribution in [2.75, 3.05) is 17.8 Å². The standard InChI is InChI=1S/C22H20N4O3S3/c27-22(26-11-2-1-3-12-26)16-10-9-15(19-7-5-13-30-19)14-18(16)25-32(28,29)20-8-4-6-17-21(20)24-31-23-17/h4-10,13-14,25H,1-3,11-12H2. The van der Waals surface area contributed by atoms with Gasteiger partial charge in [0.15, 0.2) is 0 Å². The number of benzene rings is 2. The molecule has 10 heteroatoms. The first kappa shape index (κ1) is 21.0. The SMILES string of the molecule is O=C(c1ccc(-c2cccs2)cc1NS(=O)(=O)c1cccc2nsnc12)N1CCCCC1. The number of piperidine rings is 1. The van der Waals surface area contributed by atoms with Gasteiger partial charge in [-0.15, -0.1) is 11.3 Å². The molecular weight excluding hydrogens is 464 g/mol. The number of fused-ring (bicyclic) bond motifs is 1. The molecule has 0 saturated carbocycles. The summed E-state index contributed by atoms with van der Waals surface area (Å²) in [5, 5.41) is 1.96. The molecule has 5 rings (SSSR count). The van der Waals surface area contributed by atoms with Crippen molar-refractivity contribution in [3.63, 3.8) is 0 Å². The molecule has 7 nitrogen and oxygen atoms in total. The number of amides is 1. The van der Waals surface area contributed by atoms with Gasteiger partial charge in [-0.3, -0.25) is 9.52 Å². The van der Waals surface area contributed by atoms with E-state index in [4.69, 9.17) is 0 Å². The summed E-state index contributed by atoms with van der Waals surface area (Å²) >= 11 is 2.52. The van der Waals surface area contributed by atoms with E-state index in [-0.39, 0.29) is 16.5 Å². The Morgan fingerprint density at radius 1 is 1.00 bits per heavy atom. The number of aromatic nitrogens is 2. The molecule has 0 aliphatic carbocycles. The molecule has 1 aliphatic heterocycles. The summed E-state index contributed by atoms with van der Waals surface area (Å²) in [6.07, 6.45) is 3.02. The quantitative estimate of drug-likeness (QED) is 0.437. The van der Waals surface area contributed by atoms with Crippen LogP contribution in [0.15, 0.2) is 58.8 Å². The molecule has 32 heavy (non-hydrogen) atoms. The van der Waals surface area contributed by atoms with Gasteiger partial charge in [-0.1, -0.05) is 18.2 Å². The van der Waals surface area contributed by atoms with Crippen LogP contribution in [0.2, 0.25) is 0 Å². The summed E-state index contributed by atoms with van der Waals surface area (Å²) < 4.78 is 37.7. The van der Waals surface area contributed by atoms with Crippen molar-refractivity contribution in [2.45, 2.75) is 24.2 Å².